The van der Waals surface area contributed by atoms with E-state index >= 15 is 0 Å². The Morgan fingerprint density at radius 1 is 1.36 bits per heavy atom. The molecule has 3 heterocycles. The van der Waals surface area contributed by atoms with Crippen molar-refractivity contribution in [2.24, 2.45) is 5.92 Å². The summed E-state index contributed by atoms with van der Waals surface area (Å²) < 4.78 is 7.56. The molecule has 6 heteroatoms. The van der Waals surface area contributed by atoms with Gasteiger partial charge in [-0.1, -0.05) is 6.07 Å². The topological polar surface area (TPSA) is 59.4 Å². The molecule has 0 bridgehead atoms. The van der Waals surface area contributed by atoms with E-state index in [0.29, 0.717) is 25.5 Å². The molecule has 1 aliphatic heterocycles. The second-order valence-corrected chi connectivity index (χ2v) is 6.85. The number of fused-ring (bicyclic) bond motifs is 1. The Morgan fingerprint density at radius 3 is 2.96 bits per heavy atom. The molecule has 134 valence electrons. The molecule has 25 heavy (non-hydrogen) atoms. The quantitative estimate of drug-likeness (QED) is 0.903. The van der Waals surface area contributed by atoms with Crippen LogP contribution < -0.4 is 10.1 Å². The van der Waals surface area contributed by atoms with E-state index < -0.39 is 0 Å². The summed E-state index contributed by atoms with van der Waals surface area (Å²) in [5, 5.41) is 3.05. The van der Waals surface area contributed by atoms with E-state index in [4.69, 9.17) is 4.74 Å². The lowest BCUT2D eigenvalue weighted by Gasteiger charge is -2.24. The number of nitrogens with one attached hydrogen (secondary N) is 1. The predicted molar refractivity (Wildman–Crippen MR) is 96.1 cm³/mol. The maximum absolute atomic E-state index is 12.6. The third kappa shape index (κ3) is 4.20. The molecule has 0 aromatic carbocycles. The number of amides is 1. The molecule has 1 amide bonds. The number of methoxy groups -OCH3 is 1. The molecular formula is C19H26N4O2. The minimum absolute atomic E-state index is 0.0845. The fourth-order valence-corrected chi connectivity index (χ4v) is 3.33. The van der Waals surface area contributed by atoms with Crippen molar-refractivity contribution in [2.45, 2.75) is 39.5 Å². The van der Waals surface area contributed by atoms with Crippen LogP contribution in [0.25, 0.3) is 0 Å². The van der Waals surface area contributed by atoms with Gasteiger partial charge in [0, 0.05) is 55.9 Å². The zero-order valence-corrected chi connectivity index (χ0v) is 15.1. The number of aromatic nitrogens is 2. The molecule has 6 nitrogen and oxygen atoms in total. The number of hydrogen-bond acceptors (Lipinski definition) is 4. The molecule has 2 aromatic rings. The summed E-state index contributed by atoms with van der Waals surface area (Å²) in [5.41, 5.74) is 2.26. The number of nitrogens with zero attached hydrogens (tertiary/aromatic N) is 3. The summed E-state index contributed by atoms with van der Waals surface area (Å²) in [4.78, 5) is 19.2. The molecule has 1 aliphatic rings. The monoisotopic (exact) mass is 342 g/mol. The SMILES string of the molecule is COc1ncccc1CN1Cc2cccn2C[C@H](C(=O)NC(C)C)C1. The zero-order chi connectivity index (χ0) is 17.8. The zero-order valence-electron chi connectivity index (χ0n) is 15.1. The highest BCUT2D eigenvalue weighted by molar-refractivity contribution is 5.79. The summed E-state index contributed by atoms with van der Waals surface area (Å²) in [6.07, 6.45) is 3.79. The minimum Gasteiger partial charge on any atom is -0.481 e. The van der Waals surface area contributed by atoms with Gasteiger partial charge in [-0.25, -0.2) is 4.98 Å². The van der Waals surface area contributed by atoms with Gasteiger partial charge in [-0.2, -0.15) is 0 Å². The second kappa shape index (κ2) is 7.70. The van der Waals surface area contributed by atoms with Crippen molar-refractivity contribution in [3.8, 4) is 5.88 Å². The number of rotatable bonds is 5. The predicted octanol–water partition coefficient (Wildman–Crippen LogP) is 2.05. The molecule has 0 unspecified atom stereocenters. The third-order valence-corrected chi connectivity index (χ3v) is 4.44. The molecule has 2 aromatic heterocycles. The Morgan fingerprint density at radius 2 is 2.20 bits per heavy atom. The largest absolute Gasteiger partial charge is 0.481 e. The first kappa shape index (κ1) is 17.5. The first-order valence-electron chi connectivity index (χ1n) is 8.71. The fourth-order valence-electron chi connectivity index (χ4n) is 3.33. The van der Waals surface area contributed by atoms with E-state index in [1.54, 1.807) is 13.3 Å². The van der Waals surface area contributed by atoms with Gasteiger partial charge >= 0.3 is 0 Å². The average Bonchev–Trinajstić information content (AvgIpc) is 2.93. The van der Waals surface area contributed by atoms with Crippen LogP contribution >= 0.6 is 0 Å². The molecular weight excluding hydrogens is 316 g/mol. The lowest BCUT2D eigenvalue weighted by molar-refractivity contribution is -0.126. The van der Waals surface area contributed by atoms with Gasteiger partial charge in [0.05, 0.1) is 13.0 Å². The van der Waals surface area contributed by atoms with Crippen LogP contribution in [0.5, 0.6) is 5.88 Å². The van der Waals surface area contributed by atoms with E-state index in [9.17, 15) is 4.79 Å². The number of pyridine rings is 1. The van der Waals surface area contributed by atoms with Crippen molar-refractivity contribution in [3.63, 3.8) is 0 Å². The minimum atomic E-state index is -0.0845. The van der Waals surface area contributed by atoms with Crippen LogP contribution in [0.1, 0.15) is 25.1 Å². The van der Waals surface area contributed by atoms with E-state index in [-0.39, 0.29) is 17.9 Å². The molecule has 0 saturated heterocycles. The van der Waals surface area contributed by atoms with Gasteiger partial charge < -0.3 is 14.6 Å². The Kier molecular flexibility index (Phi) is 5.38. The Labute approximate surface area is 148 Å². The fraction of sp³-hybridized carbons (Fsp3) is 0.474. The summed E-state index contributed by atoms with van der Waals surface area (Å²) >= 11 is 0. The van der Waals surface area contributed by atoms with Gasteiger partial charge in [-0.15, -0.1) is 0 Å². The highest BCUT2D eigenvalue weighted by Gasteiger charge is 2.27. The van der Waals surface area contributed by atoms with Gasteiger partial charge in [0.1, 0.15) is 0 Å². The van der Waals surface area contributed by atoms with Crippen molar-refractivity contribution in [3.05, 3.63) is 47.9 Å². The van der Waals surface area contributed by atoms with Crippen LogP contribution in [-0.4, -0.2) is 40.1 Å². The highest BCUT2D eigenvalue weighted by Crippen LogP contribution is 2.22. The van der Waals surface area contributed by atoms with Gasteiger partial charge in [0.15, 0.2) is 0 Å². The maximum Gasteiger partial charge on any atom is 0.226 e. The van der Waals surface area contributed by atoms with Gasteiger partial charge in [-0.3, -0.25) is 9.69 Å². The molecule has 0 fully saturated rings. The number of carbonyl (C=O) groups is 1. The van der Waals surface area contributed by atoms with Crippen molar-refractivity contribution in [1.82, 2.24) is 19.8 Å². The molecule has 1 atom stereocenters. The summed E-state index contributed by atoms with van der Waals surface area (Å²) in [6, 6.07) is 8.25. The van der Waals surface area contributed by atoms with Crippen LogP contribution in [0.2, 0.25) is 0 Å². The summed E-state index contributed by atoms with van der Waals surface area (Å²) in [6.45, 7) is 6.91. The summed E-state index contributed by atoms with van der Waals surface area (Å²) in [5.74, 6) is 0.670. The standard InChI is InChI=1S/C19H26N4O2/c1-14(2)21-18(24)16-11-22(13-17-7-5-9-23(17)12-16)10-15-6-4-8-20-19(15)25-3/h4-9,14,16H,10-13H2,1-3H3,(H,21,24)/t16-/m1/s1. The highest BCUT2D eigenvalue weighted by atomic mass is 16.5. The van der Waals surface area contributed by atoms with Crippen LogP contribution in [-0.2, 0) is 24.4 Å². The first-order chi connectivity index (χ1) is 12.1. The van der Waals surface area contributed by atoms with Crippen LogP contribution in [0.3, 0.4) is 0 Å². The van der Waals surface area contributed by atoms with E-state index in [2.05, 4.69) is 32.0 Å². The molecule has 0 saturated carbocycles. The lowest BCUT2D eigenvalue weighted by Crippen LogP contribution is -2.41. The summed E-state index contributed by atoms with van der Waals surface area (Å²) in [7, 11) is 1.64. The van der Waals surface area contributed by atoms with Gasteiger partial charge in [0.25, 0.3) is 0 Å². The Hall–Kier alpha value is -2.34. The van der Waals surface area contributed by atoms with Gasteiger partial charge in [-0.05, 0) is 32.0 Å². The van der Waals surface area contributed by atoms with E-state index in [1.807, 2.05) is 32.0 Å². The normalized spacial score (nSPS) is 17.8. The first-order valence-corrected chi connectivity index (χ1v) is 8.71. The van der Waals surface area contributed by atoms with Crippen molar-refractivity contribution in [1.29, 1.82) is 0 Å². The second-order valence-electron chi connectivity index (χ2n) is 6.85. The number of hydrogen-bond donors (Lipinski definition) is 1. The van der Waals surface area contributed by atoms with E-state index in [0.717, 1.165) is 12.1 Å². The van der Waals surface area contributed by atoms with Crippen molar-refractivity contribution < 1.29 is 9.53 Å². The molecule has 0 radical (unpaired) electrons. The maximum atomic E-state index is 12.6. The number of ether oxygens (including phenoxy) is 1. The third-order valence-electron chi connectivity index (χ3n) is 4.44. The van der Waals surface area contributed by atoms with Crippen LogP contribution in [0.4, 0.5) is 0 Å². The molecule has 0 spiro atoms. The van der Waals surface area contributed by atoms with Crippen LogP contribution in [0.15, 0.2) is 36.7 Å². The Bertz CT molecular complexity index is 726. The van der Waals surface area contributed by atoms with Gasteiger partial charge in [0.2, 0.25) is 11.8 Å². The average molecular weight is 342 g/mol. The van der Waals surface area contributed by atoms with E-state index in [1.165, 1.54) is 5.69 Å². The molecule has 3 rings (SSSR count). The van der Waals surface area contributed by atoms with Crippen molar-refractivity contribution in [2.75, 3.05) is 13.7 Å². The molecule has 1 N–H and O–H groups in total. The Balaban J connectivity index is 1.82. The van der Waals surface area contributed by atoms with Crippen molar-refractivity contribution >= 4 is 5.91 Å². The number of carbonyl (C=O) groups excluding carboxylic acids is 1. The smallest absolute Gasteiger partial charge is 0.226 e. The lowest BCUT2D eigenvalue weighted by atomic mass is 10.1. The van der Waals surface area contributed by atoms with Crippen LogP contribution in [0, 0.1) is 5.92 Å². The molecule has 0 aliphatic carbocycles.